The van der Waals surface area contributed by atoms with E-state index in [0.29, 0.717) is 36.9 Å². The molecule has 0 unspecified atom stereocenters. The summed E-state index contributed by atoms with van der Waals surface area (Å²) >= 11 is 3.05. The number of carbonyl (C=O) groups excluding carboxylic acids is 2. The van der Waals surface area contributed by atoms with Crippen molar-refractivity contribution in [3.63, 3.8) is 0 Å². The second-order valence-corrected chi connectivity index (χ2v) is 9.48. The summed E-state index contributed by atoms with van der Waals surface area (Å²) in [6, 6.07) is 9.56. The predicted octanol–water partition coefficient (Wildman–Crippen LogP) is 5.09. The molecule has 32 heavy (non-hydrogen) atoms. The molecule has 3 aromatic heterocycles. The fraction of sp³-hybridized carbons (Fsp3) is 0.273. The molecular formula is C22H20N4O4S2. The minimum absolute atomic E-state index is 0.220. The van der Waals surface area contributed by atoms with Gasteiger partial charge >= 0.3 is 6.09 Å². The van der Waals surface area contributed by atoms with Gasteiger partial charge in [-0.25, -0.2) is 9.78 Å². The number of thiophene rings is 1. The Bertz CT molecular complexity index is 1290. The van der Waals surface area contributed by atoms with Crippen LogP contribution in [0.3, 0.4) is 0 Å². The number of benzene rings is 1. The van der Waals surface area contributed by atoms with Crippen molar-refractivity contribution in [3.8, 4) is 10.6 Å². The van der Waals surface area contributed by atoms with E-state index in [-0.39, 0.29) is 17.7 Å². The number of nitrogens with one attached hydrogen (secondary N) is 1. The molecule has 1 aliphatic rings. The Morgan fingerprint density at radius 1 is 1.28 bits per heavy atom. The number of nitrogens with zero attached hydrogens (tertiary/aromatic N) is 3. The molecule has 0 fully saturated rings. The molecule has 0 atom stereocenters. The number of aryl methyl sites for hydroxylation is 1. The second-order valence-electron chi connectivity index (χ2n) is 7.34. The maximum absolute atomic E-state index is 12.8. The summed E-state index contributed by atoms with van der Waals surface area (Å²) < 4.78 is 11.3. The number of hydrogen-bond donors (Lipinski definition) is 1. The van der Waals surface area contributed by atoms with Crippen LogP contribution in [-0.2, 0) is 17.7 Å². The van der Waals surface area contributed by atoms with Crippen LogP contribution in [-0.4, -0.2) is 40.2 Å². The lowest BCUT2D eigenvalue weighted by atomic mass is 10.0. The van der Waals surface area contributed by atoms with Gasteiger partial charge in [0.25, 0.3) is 5.91 Å². The average Bonchev–Trinajstić information content (AvgIpc) is 3.48. The lowest BCUT2D eigenvalue weighted by molar-refractivity contribution is 0.101. The lowest BCUT2D eigenvalue weighted by Gasteiger charge is -2.26. The molecular weight excluding hydrogens is 448 g/mol. The van der Waals surface area contributed by atoms with Gasteiger partial charge in [0.2, 0.25) is 0 Å². The van der Waals surface area contributed by atoms with E-state index in [0.717, 1.165) is 31.2 Å². The number of ether oxygens (including phenoxy) is 1. The number of para-hydroxylation sites is 1. The Hall–Kier alpha value is -3.24. The molecule has 0 radical (unpaired) electrons. The minimum atomic E-state index is -0.343. The number of rotatable bonds is 4. The lowest BCUT2D eigenvalue weighted by Crippen LogP contribution is -2.35. The molecule has 10 heteroatoms. The molecule has 0 saturated heterocycles. The molecule has 1 aliphatic heterocycles. The van der Waals surface area contributed by atoms with Crippen molar-refractivity contribution in [2.75, 3.05) is 18.5 Å². The van der Waals surface area contributed by atoms with Gasteiger partial charge in [-0.2, -0.15) is 0 Å². The Morgan fingerprint density at radius 3 is 2.88 bits per heavy atom. The van der Waals surface area contributed by atoms with Crippen LogP contribution in [0.2, 0.25) is 0 Å². The number of anilines is 1. The summed E-state index contributed by atoms with van der Waals surface area (Å²) in [6.07, 6.45) is 0.339. The Kier molecular flexibility index (Phi) is 5.40. The number of fused-ring (bicyclic) bond motifs is 2. The monoisotopic (exact) mass is 468 g/mol. The highest BCUT2D eigenvalue weighted by Crippen LogP contribution is 2.45. The van der Waals surface area contributed by atoms with Gasteiger partial charge in [0.05, 0.1) is 23.4 Å². The zero-order valence-electron chi connectivity index (χ0n) is 17.5. The van der Waals surface area contributed by atoms with Gasteiger partial charge in [0.1, 0.15) is 15.8 Å². The van der Waals surface area contributed by atoms with Gasteiger partial charge < -0.3 is 19.5 Å². The van der Waals surface area contributed by atoms with Gasteiger partial charge in [-0.1, -0.05) is 17.3 Å². The maximum Gasteiger partial charge on any atom is 0.410 e. The summed E-state index contributed by atoms with van der Waals surface area (Å²) in [5, 5.41) is 8.37. The molecule has 5 rings (SSSR count). The highest BCUT2D eigenvalue weighted by molar-refractivity contribution is 7.23. The average molecular weight is 469 g/mol. The van der Waals surface area contributed by atoms with E-state index >= 15 is 0 Å². The van der Waals surface area contributed by atoms with Crippen molar-refractivity contribution in [2.45, 2.75) is 26.8 Å². The zero-order chi connectivity index (χ0) is 22.2. The first-order chi connectivity index (χ1) is 15.5. The largest absolute Gasteiger partial charge is 0.450 e. The van der Waals surface area contributed by atoms with E-state index in [2.05, 4.69) is 10.5 Å². The summed E-state index contributed by atoms with van der Waals surface area (Å²) in [4.78, 5) is 32.6. The Labute approximate surface area is 191 Å². The summed E-state index contributed by atoms with van der Waals surface area (Å²) in [5.74, 6) is 0.224. The van der Waals surface area contributed by atoms with Crippen molar-refractivity contribution < 1.29 is 18.8 Å². The molecule has 0 spiro atoms. The number of thiazole rings is 1. The summed E-state index contributed by atoms with van der Waals surface area (Å²) in [6.45, 7) is 4.86. The van der Waals surface area contributed by atoms with Crippen molar-refractivity contribution in [2.24, 2.45) is 0 Å². The fourth-order valence-corrected chi connectivity index (χ4v) is 6.08. The molecule has 2 amide bonds. The van der Waals surface area contributed by atoms with Gasteiger partial charge in [0, 0.05) is 23.1 Å². The van der Waals surface area contributed by atoms with Crippen LogP contribution in [0.15, 0.2) is 34.9 Å². The number of carbonyl (C=O) groups is 2. The van der Waals surface area contributed by atoms with E-state index in [9.17, 15) is 9.59 Å². The molecule has 4 aromatic rings. The van der Waals surface area contributed by atoms with Crippen LogP contribution in [0.1, 0.15) is 33.6 Å². The number of hydrogen-bond acceptors (Lipinski definition) is 8. The van der Waals surface area contributed by atoms with Gasteiger partial charge in [-0.15, -0.1) is 22.7 Å². The highest BCUT2D eigenvalue weighted by Gasteiger charge is 2.30. The molecule has 164 valence electrons. The predicted molar refractivity (Wildman–Crippen MR) is 123 cm³/mol. The van der Waals surface area contributed by atoms with Crippen molar-refractivity contribution in [1.29, 1.82) is 0 Å². The summed E-state index contributed by atoms with van der Waals surface area (Å²) in [5.41, 5.74) is 3.17. The van der Waals surface area contributed by atoms with Crippen LogP contribution in [0.5, 0.6) is 0 Å². The first kappa shape index (κ1) is 20.7. The van der Waals surface area contributed by atoms with Crippen molar-refractivity contribution in [1.82, 2.24) is 15.0 Å². The zero-order valence-corrected chi connectivity index (χ0v) is 19.1. The van der Waals surface area contributed by atoms with Crippen LogP contribution < -0.4 is 5.32 Å². The van der Waals surface area contributed by atoms with Crippen LogP contribution in [0, 0.1) is 6.92 Å². The maximum atomic E-state index is 12.8. The van der Waals surface area contributed by atoms with Gasteiger partial charge in [-0.3, -0.25) is 4.79 Å². The smallest absolute Gasteiger partial charge is 0.410 e. The summed E-state index contributed by atoms with van der Waals surface area (Å²) in [7, 11) is 0. The highest BCUT2D eigenvalue weighted by atomic mass is 32.1. The van der Waals surface area contributed by atoms with Crippen LogP contribution >= 0.6 is 22.7 Å². The standard InChI is InChI=1S/C22H20N4O4S2/c1-3-29-22(28)26-9-8-13-17(11-26)32-21(24-19(27)15-10-12(2)30-25-15)18(13)20-23-14-6-4-5-7-16(14)31-20/h4-7,10H,3,8-9,11H2,1-2H3,(H,24,27). The van der Waals surface area contributed by atoms with Crippen LogP contribution in [0.4, 0.5) is 9.80 Å². The van der Waals surface area contributed by atoms with E-state index in [1.54, 1.807) is 36.2 Å². The molecule has 1 aromatic carbocycles. The normalized spacial score (nSPS) is 13.2. The van der Waals surface area contributed by atoms with Crippen LogP contribution in [0.25, 0.3) is 20.8 Å². The third-order valence-electron chi connectivity index (χ3n) is 5.18. The van der Waals surface area contributed by atoms with Gasteiger partial charge in [0.15, 0.2) is 5.69 Å². The Morgan fingerprint density at radius 2 is 2.12 bits per heavy atom. The molecule has 8 nitrogen and oxygen atoms in total. The van der Waals surface area contributed by atoms with Gasteiger partial charge in [-0.05, 0) is 38.0 Å². The fourth-order valence-electron chi connectivity index (χ4n) is 3.71. The SMILES string of the molecule is CCOC(=O)N1CCc2c(sc(NC(=O)c3cc(C)on3)c2-c2nc3ccccc3s2)C1. The Balaban J connectivity index is 1.55. The number of aromatic nitrogens is 2. The van der Waals surface area contributed by atoms with E-state index < -0.39 is 0 Å². The molecule has 0 saturated carbocycles. The quantitative estimate of drug-likeness (QED) is 0.448. The van der Waals surface area contributed by atoms with E-state index in [1.807, 2.05) is 24.3 Å². The molecule has 1 N–H and O–H groups in total. The second kappa shape index (κ2) is 8.36. The topological polar surface area (TPSA) is 97.6 Å². The molecule has 0 bridgehead atoms. The van der Waals surface area contributed by atoms with E-state index in [1.165, 1.54) is 11.3 Å². The third-order valence-corrected chi connectivity index (χ3v) is 7.36. The van der Waals surface area contributed by atoms with E-state index in [4.69, 9.17) is 14.2 Å². The molecule has 4 heterocycles. The third kappa shape index (κ3) is 3.76. The first-order valence-electron chi connectivity index (χ1n) is 10.2. The minimum Gasteiger partial charge on any atom is -0.450 e. The number of amides is 2. The first-order valence-corrected chi connectivity index (χ1v) is 11.8. The van der Waals surface area contributed by atoms with Crippen molar-refractivity contribution in [3.05, 3.63) is 52.2 Å². The van der Waals surface area contributed by atoms with Crippen molar-refractivity contribution >= 4 is 49.9 Å². The molecule has 0 aliphatic carbocycles.